The van der Waals surface area contributed by atoms with Crippen molar-refractivity contribution in [3.8, 4) is 11.3 Å². The minimum Gasteiger partial charge on any atom is -0.320 e. The van der Waals surface area contributed by atoms with Crippen LogP contribution in [0, 0.1) is 0 Å². The fourth-order valence-corrected chi connectivity index (χ4v) is 2.25. The summed E-state index contributed by atoms with van der Waals surface area (Å²) in [5.41, 5.74) is 3.27. The minimum atomic E-state index is 1.00. The van der Waals surface area contributed by atoms with E-state index in [0.717, 1.165) is 16.8 Å². The van der Waals surface area contributed by atoms with Crippen LogP contribution in [0.3, 0.4) is 0 Å². The van der Waals surface area contributed by atoms with Gasteiger partial charge in [0.2, 0.25) is 0 Å². The molecule has 0 spiro atoms. The molecule has 17 heavy (non-hydrogen) atoms. The second-order valence-electron chi connectivity index (χ2n) is 3.84. The van der Waals surface area contributed by atoms with Crippen LogP contribution in [0.5, 0.6) is 0 Å². The number of hydrogen-bond donors (Lipinski definition) is 0. The topological polar surface area (TPSA) is 17.3 Å². The molecule has 0 saturated carbocycles. The quantitative estimate of drug-likeness (QED) is 0.635. The molecule has 0 saturated heterocycles. The number of fused-ring (bicyclic) bond motifs is 1. The lowest BCUT2D eigenvalue weighted by Crippen LogP contribution is -1.88. The smallest absolute Gasteiger partial charge is 0.0868 e. The number of aromatic nitrogens is 2. The molecule has 2 nitrogen and oxygen atoms in total. The molecule has 0 radical (unpaired) electrons. The molecule has 0 unspecified atom stereocenters. The highest BCUT2D eigenvalue weighted by Gasteiger charge is 2.01. The van der Waals surface area contributed by atoms with Crippen LogP contribution < -0.4 is 0 Å². The molecular weight excluding hydrogens is 228 g/mol. The summed E-state index contributed by atoms with van der Waals surface area (Å²) in [7, 11) is 0. The van der Waals surface area contributed by atoms with E-state index in [2.05, 4.69) is 46.1 Å². The molecule has 0 N–H and O–H groups in total. The number of benzene rings is 1. The van der Waals surface area contributed by atoms with Crippen LogP contribution in [-0.2, 0) is 0 Å². The second-order valence-corrected chi connectivity index (χ2v) is 4.72. The van der Waals surface area contributed by atoms with Crippen molar-refractivity contribution in [1.29, 1.82) is 0 Å². The van der Waals surface area contributed by atoms with Gasteiger partial charge < -0.3 is 4.40 Å². The van der Waals surface area contributed by atoms with Crippen LogP contribution in [-0.4, -0.2) is 15.6 Å². The Morgan fingerprint density at radius 2 is 1.94 bits per heavy atom. The lowest BCUT2D eigenvalue weighted by Gasteiger charge is -2.03. The SMILES string of the molecule is CSc1ccc(-c2cn3cccc3cn2)cc1. The van der Waals surface area contributed by atoms with Crippen molar-refractivity contribution in [2.24, 2.45) is 0 Å². The Bertz CT molecular complexity index is 641. The molecule has 0 aliphatic rings. The summed E-state index contributed by atoms with van der Waals surface area (Å²) < 4.78 is 2.09. The molecule has 1 aromatic carbocycles. The van der Waals surface area contributed by atoms with E-state index in [-0.39, 0.29) is 0 Å². The summed E-state index contributed by atoms with van der Waals surface area (Å²) in [6.07, 6.45) is 8.08. The average Bonchev–Trinajstić information content (AvgIpc) is 2.86. The summed E-state index contributed by atoms with van der Waals surface area (Å²) in [5, 5.41) is 0. The van der Waals surface area contributed by atoms with E-state index >= 15 is 0 Å². The van der Waals surface area contributed by atoms with Crippen molar-refractivity contribution in [3.05, 3.63) is 55.0 Å². The van der Waals surface area contributed by atoms with Gasteiger partial charge in [0.1, 0.15) is 0 Å². The van der Waals surface area contributed by atoms with Crippen molar-refractivity contribution in [3.63, 3.8) is 0 Å². The molecule has 2 heterocycles. The molecule has 2 aromatic heterocycles. The van der Waals surface area contributed by atoms with Gasteiger partial charge in [-0.05, 0) is 30.5 Å². The third kappa shape index (κ3) is 1.94. The van der Waals surface area contributed by atoms with E-state index in [1.54, 1.807) is 11.8 Å². The first-order valence-electron chi connectivity index (χ1n) is 5.44. The van der Waals surface area contributed by atoms with Gasteiger partial charge in [0.05, 0.1) is 17.4 Å². The molecule has 3 rings (SSSR count). The molecule has 0 aliphatic heterocycles. The Kier molecular flexibility index (Phi) is 2.61. The number of rotatable bonds is 2. The van der Waals surface area contributed by atoms with E-state index in [1.807, 2.05) is 24.5 Å². The molecule has 0 atom stereocenters. The summed E-state index contributed by atoms with van der Waals surface area (Å²) in [6, 6.07) is 12.6. The van der Waals surface area contributed by atoms with Crippen molar-refractivity contribution in [1.82, 2.24) is 9.38 Å². The monoisotopic (exact) mass is 240 g/mol. The first-order chi connectivity index (χ1) is 8.36. The van der Waals surface area contributed by atoms with Crippen LogP contribution in [0.15, 0.2) is 59.9 Å². The van der Waals surface area contributed by atoms with Crippen LogP contribution in [0.25, 0.3) is 16.8 Å². The van der Waals surface area contributed by atoms with E-state index in [4.69, 9.17) is 0 Å². The Balaban J connectivity index is 2.06. The molecule has 0 fully saturated rings. The third-order valence-corrected chi connectivity index (χ3v) is 3.54. The summed E-state index contributed by atoms with van der Waals surface area (Å²) in [4.78, 5) is 5.75. The minimum absolute atomic E-state index is 1.00. The van der Waals surface area contributed by atoms with Crippen molar-refractivity contribution >= 4 is 17.3 Å². The van der Waals surface area contributed by atoms with Gasteiger partial charge in [-0.2, -0.15) is 0 Å². The first-order valence-corrected chi connectivity index (χ1v) is 6.66. The third-order valence-electron chi connectivity index (χ3n) is 2.79. The molecule has 0 bridgehead atoms. The maximum atomic E-state index is 4.48. The van der Waals surface area contributed by atoms with Crippen molar-refractivity contribution in [2.75, 3.05) is 6.26 Å². The van der Waals surface area contributed by atoms with Crippen LogP contribution in [0.1, 0.15) is 0 Å². The molecule has 84 valence electrons. The van der Waals surface area contributed by atoms with Gasteiger partial charge in [0.15, 0.2) is 0 Å². The van der Waals surface area contributed by atoms with Crippen LogP contribution >= 0.6 is 11.8 Å². The standard InChI is InChI=1S/C14H12N2S/c1-17-13-6-4-11(5-7-13)14-10-16-8-2-3-12(16)9-15-14/h2-10H,1H3. The Labute approximate surface area is 104 Å². The van der Waals surface area contributed by atoms with E-state index in [1.165, 1.54) is 4.90 Å². The molecule has 0 aliphatic carbocycles. The highest BCUT2D eigenvalue weighted by atomic mass is 32.2. The van der Waals surface area contributed by atoms with Crippen molar-refractivity contribution in [2.45, 2.75) is 4.90 Å². The van der Waals surface area contributed by atoms with Gasteiger partial charge >= 0.3 is 0 Å². The zero-order valence-electron chi connectivity index (χ0n) is 9.50. The predicted molar refractivity (Wildman–Crippen MR) is 72.4 cm³/mol. The maximum absolute atomic E-state index is 4.48. The Morgan fingerprint density at radius 3 is 2.71 bits per heavy atom. The second kappa shape index (κ2) is 4.26. The summed E-state index contributed by atoms with van der Waals surface area (Å²) >= 11 is 1.75. The summed E-state index contributed by atoms with van der Waals surface area (Å²) in [6.45, 7) is 0. The van der Waals surface area contributed by atoms with Gasteiger partial charge in [0.25, 0.3) is 0 Å². The fourth-order valence-electron chi connectivity index (χ4n) is 1.85. The molecule has 3 aromatic rings. The zero-order valence-corrected chi connectivity index (χ0v) is 10.3. The van der Waals surface area contributed by atoms with Gasteiger partial charge in [-0.15, -0.1) is 11.8 Å². The van der Waals surface area contributed by atoms with Crippen LogP contribution in [0.2, 0.25) is 0 Å². The highest BCUT2D eigenvalue weighted by Crippen LogP contribution is 2.21. The number of hydrogen-bond acceptors (Lipinski definition) is 2. The summed E-state index contributed by atoms with van der Waals surface area (Å²) in [5.74, 6) is 0. The predicted octanol–water partition coefficient (Wildman–Crippen LogP) is 3.72. The van der Waals surface area contributed by atoms with E-state index < -0.39 is 0 Å². The Morgan fingerprint density at radius 1 is 1.12 bits per heavy atom. The van der Waals surface area contributed by atoms with Gasteiger partial charge in [-0.3, -0.25) is 4.98 Å². The van der Waals surface area contributed by atoms with Gasteiger partial charge in [-0.1, -0.05) is 12.1 Å². The lowest BCUT2D eigenvalue weighted by molar-refractivity contribution is 1.14. The van der Waals surface area contributed by atoms with Crippen molar-refractivity contribution < 1.29 is 0 Å². The van der Waals surface area contributed by atoms with Gasteiger partial charge in [0, 0.05) is 22.9 Å². The van der Waals surface area contributed by atoms with Crippen LogP contribution in [0.4, 0.5) is 0 Å². The maximum Gasteiger partial charge on any atom is 0.0868 e. The normalized spacial score (nSPS) is 10.9. The first kappa shape index (κ1) is 10.4. The largest absolute Gasteiger partial charge is 0.320 e. The van der Waals surface area contributed by atoms with E-state index in [9.17, 15) is 0 Å². The lowest BCUT2D eigenvalue weighted by atomic mass is 10.2. The Hall–Kier alpha value is -1.74. The fraction of sp³-hybridized carbons (Fsp3) is 0.0714. The zero-order chi connectivity index (χ0) is 11.7. The van der Waals surface area contributed by atoms with E-state index in [0.29, 0.717) is 0 Å². The molecule has 3 heteroatoms. The molecular formula is C14H12N2S. The highest BCUT2D eigenvalue weighted by molar-refractivity contribution is 7.98. The molecule has 0 amide bonds. The van der Waals surface area contributed by atoms with Gasteiger partial charge in [-0.25, -0.2) is 0 Å². The average molecular weight is 240 g/mol. The number of thioether (sulfide) groups is 1. The number of nitrogens with zero attached hydrogens (tertiary/aromatic N) is 2.